The minimum absolute atomic E-state index is 0.0855. The number of carbonyl (C=O) groups excluding carboxylic acids is 1. The standard InChI is InChI=1S/C27H26N8O/c28-33-12-9-27(10-13-33)21-15-20(4-6-24(21)31-26(27)36)23-7-8-25-34(30-17-35(25)32-23)16-18-3-5-22-19(14-18)2-1-11-29-22/h1-8,11,14-15,17,32H,9-10,12-13,16,28H2,(H,31,36). The molecule has 36 heavy (non-hydrogen) atoms. The third kappa shape index (κ3) is 3.28. The van der Waals surface area contributed by atoms with Crippen molar-refractivity contribution in [3.05, 3.63) is 89.4 Å². The van der Waals surface area contributed by atoms with Crippen molar-refractivity contribution < 1.29 is 4.79 Å². The molecule has 4 aliphatic rings. The van der Waals surface area contributed by atoms with Crippen LogP contribution in [0.25, 0.3) is 16.6 Å². The van der Waals surface area contributed by atoms with Gasteiger partial charge in [-0.05, 0) is 72.0 Å². The summed E-state index contributed by atoms with van der Waals surface area (Å²) >= 11 is 0. The van der Waals surface area contributed by atoms with Gasteiger partial charge in [0.25, 0.3) is 0 Å². The molecule has 4 N–H and O–H groups in total. The van der Waals surface area contributed by atoms with Crippen molar-refractivity contribution in [3.63, 3.8) is 0 Å². The number of rotatable bonds is 3. The summed E-state index contributed by atoms with van der Waals surface area (Å²) in [4.78, 5) is 17.4. The van der Waals surface area contributed by atoms with E-state index in [-0.39, 0.29) is 5.91 Å². The Kier molecular flexibility index (Phi) is 4.63. The number of nitrogens with two attached hydrogens (primary N) is 1. The molecular formula is C27H26N8O. The summed E-state index contributed by atoms with van der Waals surface area (Å²) in [5.41, 5.74) is 9.08. The van der Waals surface area contributed by atoms with Gasteiger partial charge in [-0.1, -0.05) is 18.2 Å². The maximum atomic E-state index is 13.0. The van der Waals surface area contributed by atoms with Crippen molar-refractivity contribution in [2.75, 3.05) is 18.4 Å². The monoisotopic (exact) mass is 478 g/mol. The van der Waals surface area contributed by atoms with Crippen LogP contribution < -0.4 is 16.6 Å². The molecular weight excluding hydrogens is 452 g/mol. The average molecular weight is 479 g/mol. The first-order valence-corrected chi connectivity index (χ1v) is 12.2. The number of nitrogens with one attached hydrogen (secondary N) is 2. The quantitative estimate of drug-likeness (QED) is 0.498. The van der Waals surface area contributed by atoms with E-state index < -0.39 is 5.41 Å². The topological polar surface area (TPSA) is 102 Å². The second kappa shape index (κ2) is 7.91. The maximum absolute atomic E-state index is 13.0. The number of hydrogen-bond acceptors (Lipinski definition) is 8. The smallest absolute Gasteiger partial charge is 0.235 e. The molecule has 1 spiro atoms. The number of aromatic nitrogens is 1. The number of carbonyl (C=O) groups is 1. The van der Waals surface area contributed by atoms with Crippen LogP contribution in [0.1, 0.15) is 29.5 Å². The third-order valence-electron chi connectivity index (χ3n) is 7.64. The first-order chi connectivity index (χ1) is 17.6. The second-order valence-corrected chi connectivity index (χ2v) is 9.74. The molecule has 9 heteroatoms. The van der Waals surface area contributed by atoms with Crippen LogP contribution in [0.2, 0.25) is 0 Å². The number of nitrogens with zero attached hydrogens (tertiary/aromatic N) is 5. The van der Waals surface area contributed by atoms with E-state index in [2.05, 4.69) is 57.2 Å². The van der Waals surface area contributed by atoms with Gasteiger partial charge in [0.15, 0.2) is 0 Å². The molecule has 5 heterocycles. The molecule has 0 radical (unpaired) electrons. The maximum Gasteiger partial charge on any atom is 0.235 e. The van der Waals surface area contributed by atoms with Crippen LogP contribution in [0.4, 0.5) is 5.69 Å². The molecule has 180 valence electrons. The van der Waals surface area contributed by atoms with Crippen molar-refractivity contribution in [3.8, 4) is 0 Å². The molecule has 4 aliphatic heterocycles. The lowest BCUT2D eigenvalue weighted by atomic mass is 9.73. The van der Waals surface area contributed by atoms with Crippen LogP contribution in [0, 0.1) is 0 Å². The Morgan fingerprint density at radius 1 is 1.06 bits per heavy atom. The Balaban J connectivity index is 1.15. The first-order valence-electron chi connectivity index (χ1n) is 12.2. The number of hydrogen-bond donors (Lipinski definition) is 3. The zero-order chi connectivity index (χ0) is 24.3. The fourth-order valence-corrected chi connectivity index (χ4v) is 5.60. The van der Waals surface area contributed by atoms with E-state index in [1.807, 2.05) is 40.5 Å². The number of hydrazine groups is 2. The normalized spacial score (nSPS) is 20.2. The second-order valence-electron chi connectivity index (χ2n) is 9.74. The molecule has 0 saturated carbocycles. The summed E-state index contributed by atoms with van der Waals surface area (Å²) in [6, 6.07) is 16.5. The number of hydrazone groups is 1. The summed E-state index contributed by atoms with van der Waals surface area (Å²) in [6.07, 6.45) is 9.19. The van der Waals surface area contributed by atoms with Gasteiger partial charge in [-0.2, -0.15) is 5.10 Å². The van der Waals surface area contributed by atoms with Gasteiger partial charge in [0, 0.05) is 30.4 Å². The van der Waals surface area contributed by atoms with E-state index in [1.165, 1.54) is 0 Å². The van der Waals surface area contributed by atoms with Gasteiger partial charge < -0.3 is 5.32 Å². The Morgan fingerprint density at radius 2 is 1.94 bits per heavy atom. The molecule has 0 unspecified atom stereocenters. The lowest BCUT2D eigenvalue weighted by Crippen LogP contribution is -2.48. The molecule has 0 atom stereocenters. The molecule has 0 bridgehead atoms. The van der Waals surface area contributed by atoms with Gasteiger partial charge in [0.1, 0.15) is 12.2 Å². The van der Waals surface area contributed by atoms with Gasteiger partial charge in [0.2, 0.25) is 5.91 Å². The molecule has 1 amide bonds. The molecule has 2 aromatic carbocycles. The first kappa shape index (κ1) is 21.1. The fourth-order valence-electron chi connectivity index (χ4n) is 5.60. The van der Waals surface area contributed by atoms with Crippen LogP contribution in [-0.2, 0) is 16.8 Å². The molecule has 1 aromatic heterocycles. The van der Waals surface area contributed by atoms with Gasteiger partial charge in [-0.15, -0.1) is 0 Å². The number of benzene rings is 2. The number of allylic oxidation sites excluding steroid dienone is 2. The Labute approximate surface area is 208 Å². The summed E-state index contributed by atoms with van der Waals surface area (Å²) in [7, 11) is 0. The van der Waals surface area contributed by atoms with Crippen LogP contribution in [-0.4, -0.2) is 45.3 Å². The Bertz CT molecular complexity index is 1480. The SMILES string of the molecule is NN1CCC2(CC1)C(=O)Nc1ccc(C3=CC=C4N(Cc5ccc6ncccc6c5)N=CN4N3)cc12. The molecule has 3 aromatic rings. The van der Waals surface area contributed by atoms with Crippen molar-refractivity contribution >= 4 is 34.5 Å². The van der Waals surface area contributed by atoms with Crippen LogP contribution in [0.3, 0.4) is 0 Å². The van der Waals surface area contributed by atoms with E-state index in [4.69, 9.17) is 5.84 Å². The number of piperidine rings is 1. The summed E-state index contributed by atoms with van der Waals surface area (Å²) in [5.74, 6) is 7.02. The van der Waals surface area contributed by atoms with Crippen molar-refractivity contribution in [2.24, 2.45) is 10.9 Å². The largest absolute Gasteiger partial charge is 0.325 e. The number of fused-ring (bicyclic) bond motifs is 4. The molecule has 7 rings (SSSR count). The van der Waals surface area contributed by atoms with Crippen LogP contribution >= 0.6 is 0 Å². The molecule has 1 fully saturated rings. The summed E-state index contributed by atoms with van der Waals surface area (Å²) in [5, 5.41) is 14.5. The minimum atomic E-state index is -0.501. The van der Waals surface area contributed by atoms with Crippen molar-refractivity contribution in [2.45, 2.75) is 24.8 Å². The minimum Gasteiger partial charge on any atom is -0.325 e. The molecule has 9 nitrogen and oxygen atoms in total. The Hall–Kier alpha value is -4.21. The number of amides is 1. The predicted octanol–water partition coefficient (Wildman–Crippen LogP) is 2.86. The van der Waals surface area contributed by atoms with Gasteiger partial charge in [0.05, 0.1) is 23.2 Å². The van der Waals surface area contributed by atoms with Crippen molar-refractivity contribution in [1.29, 1.82) is 0 Å². The number of anilines is 1. The highest BCUT2D eigenvalue weighted by Crippen LogP contribution is 2.45. The van der Waals surface area contributed by atoms with E-state index in [1.54, 1.807) is 11.3 Å². The lowest BCUT2D eigenvalue weighted by molar-refractivity contribution is -0.122. The highest BCUT2D eigenvalue weighted by Gasteiger charge is 2.48. The third-order valence-corrected chi connectivity index (χ3v) is 7.64. The highest BCUT2D eigenvalue weighted by atomic mass is 16.2. The van der Waals surface area contributed by atoms with E-state index in [0.29, 0.717) is 19.6 Å². The van der Waals surface area contributed by atoms with Gasteiger partial charge in [-0.25, -0.2) is 15.0 Å². The van der Waals surface area contributed by atoms with Gasteiger partial charge in [-0.3, -0.25) is 21.0 Å². The van der Waals surface area contributed by atoms with E-state index in [9.17, 15) is 4.79 Å². The van der Waals surface area contributed by atoms with Gasteiger partial charge >= 0.3 is 0 Å². The molecule has 1 saturated heterocycles. The Morgan fingerprint density at radius 3 is 2.83 bits per heavy atom. The number of pyridine rings is 1. The zero-order valence-electron chi connectivity index (χ0n) is 19.7. The summed E-state index contributed by atoms with van der Waals surface area (Å²) < 4.78 is 0. The van der Waals surface area contributed by atoms with E-state index in [0.717, 1.165) is 57.6 Å². The predicted molar refractivity (Wildman–Crippen MR) is 139 cm³/mol. The zero-order valence-corrected chi connectivity index (χ0v) is 19.7. The van der Waals surface area contributed by atoms with E-state index >= 15 is 0 Å². The van der Waals surface area contributed by atoms with Crippen LogP contribution in [0.5, 0.6) is 0 Å². The summed E-state index contributed by atoms with van der Waals surface area (Å²) in [6.45, 7) is 2.07. The highest BCUT2D eigenvalue weighted by molar-refractivity contribution is 6.06. The molecule has 0 aliphatic carbocycles. The lowest BCUT2D eigenvalue weighted by Gasteiger charge is -2.36. The van der Waals surface area contributed by atoms with Crippen LogP contribution in [0.15, 0.2) is 77.8 Å². The average Bonchev–Trinajstić information content (AvgIpc) is 3.43. The van der Waals surface area contributed by atoms with Crippen molar-refractivity contribution in [1.82, 2.24) is 25.4 Å². The fraction of sp³-hybridized carbons (Fsp3) is 0.222.